The van der Waals surface area contributed by atoms with Crippen LogP contribution in [-0.2, 0) is 14.8 Å². The van der Waals surface area contributed by atoms with Crippen LogP contribution in [0.15, 0.2) is 33.6 Å². The van der Waals surface area contributed by atoms with Gasteiger partial charge in [-0.15, -0.1) is 0 Å². The number of benzene rings is 1. The van der Waals surface area contributed by atoms with Gasteiger partial charge < -0.3 is 10.2 Å². The molecule has 0 aromatic heterocycles. The van der Waals surface area contributed by atoms with Gasteiger partial charge in [0, 0.05) is 36.6 Å². The molecule has 1 fully saturated rings. The topological polar surface area (TPSA) is 78.5 Å². The predicted octanol–water partition coefficient (Wildman–Crippen LogP) is 2.35. The molecule has 2 N–H and O–H groups in total. The molecule has 1 aliphatic heterocycles. The number of nitrogens with one attached hydrogen (secondary N) is 2. The summed E-state index contributed by atoms with van der Waals surface area (Å²) in [6.45, 7) is 7.26. The molecule has 1 saturated heterocycles. The van der Waals surface area contributed by atoms with Crippen molar-refractivity contribution in [2.45, 2.75) is 44.0 Å². The van der Waals surface area contributed by atoms with Gasteiger partial charge in [-0.05, 0) is 57.4 Å². The molecular formula is C18H28BrN3O3S. The van der Waals surface area contributed by atoms with Crippen molar-refractivity contribution in [2.24, 2.45) is 5.92 Å². The minimum absolute atomic E-state index is 0.0868. The highest BCUT2D eigenvalue weighted by atomic mass is 79.9. The van der Waals surface area contributed by atoms with E-state index in [2.05, 4.69) is 44.7 Å². The third-order valence-electron chi connectivity index (χ3n) is 4.62. The number of nitrogens with zero attached hydrogens (tertiary/aromatic N) is 1. The second kappa shape index (κ2) is 9.82. The summed E-state index contributed by atoms with van der Waals surface area (Å²) in [7, 11) is -3.60. The Labute approximate surface area is 164 Å². The minimum Gasteiger partial charge on any atom is -0.356 e. The first-order valence-corrected chi connectivity index (χ1v) is 11.3. The van der Waals surface area contributed by atoms with Crippen LogP contribution in [-0.4, -0.2) is 51.4 Å². The second-order valence-corrected chi connectivity index (χ2v) is 9.69. The van der Waals surface area contributed by atoms with Crippen molar-refractivity contribution < 1.29 is 13.2 Å². The Kier molecular flexibility index (Phi) is 8.06. The summed E-state index contributed by atoms with van der Waals surface area (Å²) in [6.07, 6.45) is 2.41. The first-order chi connectivity index (χ1) is 12.3. The fourth-order valence-corrected chi connectivity index (χ4v) is 4.72. The van der Waals surface area contributed by atoms with Crippen LogP contribution in [0.4, 0.5) is 0 Å². The molecule has 1 aromatic rings. The van der Waals surface area contributed by atoms with Crippen molar-refractivity contribution in [3.8, 4) is 0 Å². The van der Waals surface area contributed by atoms with Crippen LogP contribution in [0.5, 0.6) is 0 Å². The van der Waals surface area contributed by atoms with Crippen molar-refractivity contribution in [1.82, 2.24) is 14.9 Å². The van der Waals surface area contributed by atoms with Gasteiger partial charge in [-0.3, -0.25) is 4.79 Å². The zero-order valence-electron chi connectivity index (χ0n) is 15.4. The number of amides is 1. The smallest absolute Gasteiger partial charge is 0.240 e. The predicted molar refractivity (Wildman–Crippen MR) is 106 cm³/mol. The molecule has 0 bridgehead atoms. The van der Waals surface area contributed by atoms with Crippen LogP contribution in [0.1, 0.15) is 33.1 Å². The molecule has 0 radical (unpaired) electrons. The Balaban J connectivity index is 1.72. The van der Waals surface area contributed by atoms with Gasteiger partial charge in [-0.2, -0.15) is 0 Å². The van der Waals surface area contributed by atoms with E-state index >= 15 is 0 Å². The fourth-order valence-electron chi connectivity index (χ4n) is 3.10. The lowest BCUT2D eigenvalue weighted by Gasteiger charge is -2.35. The van der Waals surface area contributed by atoms with Crippen molar-refractivity contribution in [1.29, 1.82) is 0 Å². The highest BCUT2D eigenvalue weighted by Crippen LogP contribution is 2.18. The Morgan fingerprint density at radius 1 is 1.38 bits per heavy atom. The van der Waals surface area contributed by atoms with E-state index in [4.69, 9.17) is 0 Å². The van der Waals surface area contributed by atoms with Gasteiger partial charge in [0.15, 0.2) is 0 Å². The zero-order valence-corrected chi connectivity index (χ0v) is 17.8. The van der Waals surface area contributed by atoms with Gasteiger partial charge in [0.25, 0.3) is 0 Å². The lowest BCUT2D eigenvalue weighted by Crippen LogP contribution is -2.44. The number of hydrogen-bond acceptors (Lipinski definition) is 4. The van der Waals surface area contributed by atoms with Crippen LogP contribution in [0.25, 0.3) is 0 Å². The van der Waals surface area contributed by atoms with E-state index in [9.17, 15) is 13.2 Å². The Hall–Kier alpha value is -0.960. The number of carbonyl (C=O) groups excluding carboxylic acids is 1. The summed E-state index contributed by atoms with van der Waals surface area (Å²) >= 11 is 3.26. The minimum atomic E-state index is -3.60. The van der Waals surface area contributed by atoms with E-state index < -0.39 is 10.0 Å². The van der Waals surface area contributed by atoms with Crippen molar-refractivity contribution >= 4 is 31.9 Å². The summed E-state index contributed by atoms with van der Waals surface area (Å²) in [4.78, 5) is 14.6. The summed E-state index contributed by atoms with van der Waals surface area (Å²) in [5.74, 6) is 0.345. The summed E-state index contributed by atoms with van der Waals surface area (Å²) in [5, 5.41) is 2.94. The standard InChI is InChI=1S/C18H28BrN3O3S/c1-14(2)22-10-4-5-15(13-22)12-20-18(23)8-9-21-26(24,25)17-7-3-6-16(19)11-17/h3,6-7,11,14-15,21H,4-5,8-10,12-13H2,1-2H3,(H,20,23). The van der Waals surface area contributed by atoms with Crippen LogP contribution in [0.2, 0.25) is 0 Å². The lowest BCUT2D eigenvalue weighted by atomic mass is 9.97. The largest absolute Gasteiger partial charge is 0.356 e. The highest BCUT2D eigenvalue weighted by Gasteiger charge is 2.22. The molecule has 146 valence electrons. The molecule has 1 aliphatic rings. The van der Waals surface area contributed by atoms with E-state index in [1.165, 1.54) is 12.1 Å². The molecule has 26 heavy (non-hydrogen) atoms. The van der Waals surface area contributed by atoms with Crippen LogP contribution >= 0.6 is 15.9 Å². The van der Waals surface area contributed by atoms with Crippen molar-refractivity contribution in [2.75, 3.05) is 26.2 Å². The van der Waals surface area contributed by atoms with Crippen molar-refractivity contribution in [3.63, 3.8) is 0 Å². The second-order valence-electron chi connectivity index (χ2n) is 7.01. The molecule has 6 nitrogen and oxygen atoms in total. The van der Waals surface area contributed by atoms with E-state index in [1.54, 1.807) is 12.1 Å². The number of sulfonamides is 1. The SMILES string of the molecule is CC(C)N1CCCC(CNC(=O)CCNS(=O)(=O)c2cccc(Br)c2)C1. The number of halogens is 1. The first kappa shape index (κ1) is 21.3. The third kappa shape index (κ3) is 6.64. The summed E-state index contributed by atoms with van der Waals surface area (Å²) in [6, 6.07) is 7.01. The number of carbonyl (C=O) groups is 1. The molecule has 1 amide bonds. The summed E-state index contributed by atoms with van der Waals surface area (Å²) < 4.78 is 27.6. The molecule has 1 heterocycles. The quantitative estimate of drug-likeness (QED) is 0.643. The monoisotopic (exact) mass is 445 g/mol. The average molecular weight is 446 g/mol. The Bertz CT molecular complexity index is 709. The number of hydrogen-bond donors (Lipinski definition) is 2. The van der Waals surface area contributed by atoms with Crippen LogP contribution < -0.4 is 10.0 Å². The van der Waals surface area contributed by atoms with E-state index in [1.807, 2.05) is 0 Å². The molecule has 0 spiro atoms. The first-order valence-electron chi connectivity index (χ1n) is 9.04. The molecular weight excluding hydrogens is 418 g/mol. The van der Waals surface area contributed by atoms with Crippen LogP contribution in [0, 0.1) is 5.92 Å². The molecule has 1 unspecified atom stereocenters. The van der Waals surface area contributed by atoms with Gasteiger partial charge in [-0.1, -0.05) is 22.0 Å². The third-order valence-corrected chi connectivity index (χ3v) is 6.57. The van der Waals surface area contributed by atoms with E-state index in [0.717, 1.165) is 25.9 Å². The number of rotatable bonds is 8. The van der Waals surface area contributed by atoms with E-state index in [0.29, 0.717) is 23.0 Å². The molecule has 8 heteroatoms. The molecule has 0 aliphatic carbocycles. The molecule has 1 atom stereocenters. The van der Waals surface area contributed by atoms with Crippen LogP contribution in [0.3, 0.4) is 0 Å². The number of likely N-dealkylation sites (tertiary alicyclic amines) is 1. The Morgan fingerprint density at radius 2 is 2.15 bits per heavy atom. The summed E-state index contributed by atoms with van der Waals surface area (Å²) in [5.41, 5.74) is 0. The van der Waals surface area contributed by atoms with E-state index in [-0.39, 0.29) is 23.8 Å². The lowest BCUT2D eigenvalue weighted by molar-refractivity contribution is -0.121. The zero-order chi connectivity index (χ0) is 19.2. The maximum Gasteiger partial charge on any atom is 0.240 e. The van der Waals surface area contributed by atoms with Gasteiger partial charge in [0.05, 0.1) is 4.90 Å². The van der Waals surface area contributed by atoms with Gasteiger partial charge in [0.2, 0.25) is 15.9 Å². The maximum atomic E-state index is 12.2. The molecule has 2 rings (SSSR count). The van der Waals surface area contributed by atoms with Gasteiger partial charge in [-0.25, -0.2) is 13.1 Å². The van der Waals surface area contributed by atoms with Gasteiger partial charge in [0.1, 0.15) is 0 Å². The normalized spacial score (nSPS) is 18.8. The average Bonchev–Trinajstić information content (AvgIpc) is 2.60. The fraction of sp³-hybridized carbons (Fsp3) is 0.611. The Morgan fingerprint density at radius 3 is 2.85 bits per heavy atom. The molecule has 1 aromatic carbocycles. The molecule has 0 saturated carbocycles. The highest BCUT2D eigenvalue weighted by molar-refractivity contribution is 9.10. The van der Waals surface area contributed by atoms with Crippen molar-refractivity contribution in [3.05, 3.63) is 28.7 Å². The van der Waals surface area contributed by atoms with Gasteiger partial charge >= 0.3 is 0 Å². The number of piperidine rings is 1. The maximum absolute atomic E-state index is 12.2.